The Balaban J connectivity index is 1.77. The quantitative estimate of drug-likeness (QED) is 0.788. The van der Waals surface area contributed by atoms with Crippen molar-refractivity contribution in [1.29, 1.82) is 0 Å². The number of amides is 1. The molecular weight excluding hydrogens is 373 g/mol. The number of carbonyl (C=O) groups excluding carboxylic acids is 2. The van der Waals surface area contributed by atoms with Crippen molar-refractivity contribution in [2.45, 2.75) is 37.6 Å². The van der Waals surface area contributed by atoms with Crippen molar-refractivity contribution in [3.63, 3.8) is 0 Å². The van der Waals surface area contributed by atoms with E-state index < -0.39 is 24.2 Å². The zero-order valence-corrected chi connectivity index (χ0v) is 15.7. The molecule has 144 valence electrons. The third kappa shape index (κ3) is 3.15. The van der Waals surface area contributed by atoms with Crippen molar-refractivity contribution < 1.29 is 23.5 Å². The lowest BCUT2D eigenvalue weighted by Gasteiger charge is -2.36. The van der Waals surface area contributed by atoms with Crippen LogP contribution in [0.4, 0.5) is 4.39 Å². The third-order valence-electron chi connectivity index (χ3n) is 5.58. The number of methoxy groups -OCH3 is 1. The van der Waals surface area contributed by atoms with Crippen molar-refractivity contribution in [3.8, 4) is 0 Å². The minimum Gasteiger partial charge on any atom is -0.483 e. The van der Waals surface area contributed by atoms with Crippen LogP contribution in [0.25, 0.3) is 0 Å². The van der Waals surface area contributed by atoms with Crippen molar-refractivity contribution in [1.82, 2.24) is 4.90 Å². The molecule has 4 atom stereocenters. The predicted molar refractivity (Wildman–Crippen MR) is 96.9 cm³/mol. The van der Waals surface area contributed by atoms with Gasteiger partial charge in [0.05, 0.1) is 24.1 Å². The molecule has 0 N–H and O–H groups in total. The molecule has 7 heteroatoms. The van der Waals surface area contributed by atoms with E-state index in [1.54, 1.807) is 30.2 Å². The van der Waals surface area contributed by atoms with Crippen LogP contribution in [0.1, 0.15) is 30.9 Å². The minimum atomic E-state index is -1.01. The summed E-state index contributed by atoms with van der Waals surface area (Å²) in [6.45, 7) is 0.647. The molecule has 1 aliphatic carbocycles. The molecule has 1 amide bonds. The number of rotatable bonds is 4. The molecule has 2 aliphatic heterocycles. The van der Waals surface area contributed by atoms with Crippen LogP contribution in [-0.2, 0) is 19.1 Å². The topological polar surface area (TPSA) is 55.8 Å². The number of fused-ring (bicyclic) bond motifs is 1. The molecule has 0 spiro atoms. The van der Waals surface area contributed by atoms with E-state index in [1.807, 2.05) is 6.07 Å². The van der Waals surface area contributed by atoms with E-state index in [-0.39, 0.29) is 23.9 Å². The second-order valence-electron chi connectivity index (χ2n) is 7.23. The molecule has 5 nitrogen and oxygen atoms in total. The van der Waals surface area contributed by atoms with Gasteiger partial charge in [0, 0.05) is 18.7 Å². The Morgan fingerprint density at radius 2 is 2.15 bits per heavy atom. The summed E-state index contributed by atoms with van der Waals surface area (Å²) >= 11 is 6.14. The van der Waals surface area contributed by atoms with Gasteiger partial charge >= 0.3 is 0 Å². The Morgan fingerprint density at radius 1 is 1.33 bits per heavy atom. The Kier molecular flexibility index (Phi) is 4.95. The number of nitrogens with zero attached hydrogens (tertiary/aromatic N) is 1. The van der Waals surface area contributed by atoms with Crippen LogP contribution < -0.4 is 0 Å². The maximum atomic E-state index is 13.9. The Morgan fingerprint density at radius 3 is 2.89 bits per heavy atom. The van der Waals surface area contributed by atoms with Crippen LogP contribution in [-0.4, -0.2) is 49.1 Å². The zero-order valence-electron chi connectivity index (χ0n) is 15.0. The van der Waals surface area contributed by atoms with E-state index in [4.69, 9.17) is 21.1 Å². The molecule has 1 aromatic carbocycles. The van der Waals surface area contributed by atoms with Crippen LogP contribution in [0.15, 0.2) is 35.6 Å². The van der Waals surface area contributed by atoms with Gasteiger partial charge in [-0.3, -0.25) is 9.59 Å². The molecule has 0 bridgehead atoms. The second-order valence-corrected chi connectivity index (χ2v) is 7.67. The maximum Gasteiger partial charge on any atom is 0.290 e. The highest BCUT2D eigenvalue weighted by Crippen LogP contribution is 2.47. The number of benzene rings is 1. The van der Waals surface area contributed by atoms with E-state index in [1.165, 1.54) is 0 Å². The van der Waals surface area contributed by atoms with Gasteiger partial charge in [-0.15, -0.1) is 0 Å². The highest BCUT2D eigenvalue weighted by atomic mass is 35.5. The molecule has 1 saturated carbocycles. The minimum absolute atomic E-state index is 0.111. The molecule has 0 radical (unpaired) electrons. The highest BCUT2D eigenvalue weighted by molar-refractivity contribution is 6.30. The van der Waals surface area contributed by atoms with Crippen LogP contribution >= 0.6 is 11.6 Å². The van der Waals surface area contributed by atoms with Crippen LogP contribution in [0.5, 0.6) is 0 Å². The number of Topliss-reactive ketones (excluding diaryl/α,β-unsaturated/α-hetero) is 1. The molecule has 2 heterocycles. The van der Waals surface area contributed by atoms with E-state index in [2.05, 4.69) is 0 Å². The molecule has 3 aliphatic rings. The maximum absolute atomic E-state index is 13.9. The smallest absolute Gasteiger partial charge is 0.290 e. The third-order valence-corrected chi connectivity index (χ3v) is 5.82. The van der Waals surface area contributed by atoms with Gasteiger partial charge in [-0.2, -0.15) is 0 Å². The lowest BCUT2D eigenvalue weighted by atomic mass is 9.77. The molecule has 1 aromatic rings. The lowest BCUT2D eigenvalue weighted by Crippen LogP contribution is -2.42. The van der Waals surface area contributed by atoms with Crippen LogP contribution in [0.2, 0.25) is 5.02 Å². The van der Waals surface area contributed by atoms with Gasteiger partial charge in [-0.05, 0) is 37.0 Å². The van der Waals surface area contributed by atoms with E-state index in [9.17, 15) is 14.0 Å². The van der Waals surface area contributed by atoms with Gasteiger partial charge in [0.15, 0.2) is 11.5 Å². The van der Waals surface area contributed by atoms with Crippen molar-refractivity contribution in [2.24, 2.45) is 5.92 Å². The second kappa shape index (κ2) is 7.24. The number of ketones is 1. The Hall–Kier alpha value is -1.92. The molecule has 0 aromatic heterocycles. The number of hydrogen-bond acceptors (Lipinski definition) is 4. The first kappa shape index (κ1) is 18.4. The fraction of sp³-hybridized carbons (Fsp3) is 0.500. The molecular formula is C20H21ClFNO4. The van der Waals surface area contributed by atoms with Crippen molar-refractivity contribution >= 4 is 23.3 Å². The number of ether oxygens (including phenoxy) is 2. The fourth-order valence-corrected chi connectivity index (χ4v) is 4.51. The van der Waals surface area contributed by atoms with Crippen LogP contribution in [0.3, 0.4) is 0 Å². The highest BCUT2D eigenvalue weighted by Gasteiger charge is 2.52. The first-order chi connectivity index (χ1) is 13.0. The van der Waals surface area contributed by atoms with Gasteiger partial charge < -0.3 is 14.4 Å². The number of alkyl halides is 1. The molecule has 4 unspecified atom stereocenters. The standard InChI is InChI=1S/C20H21ClFNO4/c1-26-8-7-23-17(11-3-2-4-12(21)9-11)16-18(24)14-10-13(22)5-6-15(14)27-19(16)20(23)25/h2-4,9,13-15,17H,5-8,10H2,1H3. The van der Waals surface area contributed by atoms with Gasteiger partial charge in [-0.1, -0.05) is 23.7 Å². The van der Waals surface area contributed by atoms with E-state index in [0.29, 0.717) is 36.6 Å². The van der Waals surface area contributed by atoms with E-state index >= 15 is 0 Å². The number of hydrogen-bond donors (Lipinski definition) is 0. The first-order valence-corrected chi connectivity index (χ1v) is 9.53. The van der Waals surface area contributed by atoms with Crippen LogP contribution in [0, 0.1) is 5.92 Å². The molecule has 0 saturated heterocycles. The normalized spacial score (nSPS) is 30.3. The molecule has 1 fully saturated rings. The summed E-state index contributed by atoms with van der Waals surface area (Å²) < 4.78 is 25.0. The molecule has 27 heavy (non-hydrogen) atoms. The summed E-state index contributed by atoms with van der Waals surface area (Å²) in [6.07, 6.45) is -0.478. The summed E-state index contributed by atoms with van der Waals surface area (Å²) in [7, 11) is 1.56. The summed E-state index contributed by atoms with van der Waals surface area (Å²) in [6, 6.07) is 6.51. The average Bonchev–Trinajstić information content (AvgIpc) is 2.93. The van der Waals surface area contributed by atoms with Crippen molar-refractivity contribution in [2.75, 3.05) is 20.3 Å². The number of halogens is 2. The monoisotopic (exact) mass is 393 g/mol. The summed E-state index contributed by atoms with van der Waals surface area (Å²) in [4.78, 5) is 27.9. The van der Waals surface area contributed by atoms with Gasteiger partial charge in [0.25, 0.3) is 5.91 Å². The lowest BCUT2D eigenvalue weighted by molar-refractivity contribution is -0.136. The summed E-state index contributed by atoms with van der Waals surface area (Å²) in [5.74, 6) is -0.924. The van der Waals surface area contributed by atoms with E-state index in [0.717, 1.165) is 5.56 Å². The Bertz CT molecular complexity index is 811. The fourth-order valence-electron chi connectivity index (χ4n) is 4.31. The predicted octanol–water partition coefficient (Wildman–Crippen LogP) is 3.23. The number of carbonyl (C=O) groups is 2. The largest absolute Gasteiger partial charge is 0.483 e. The first-order valence-electron chi connectivity index (χ1n) is 9.15. The zero-order chi connectivity index (χ0) is 19.1. The van der Waals surface area contributed by atoms with Crippen molar-refractivity contribution in [3.05, 3.63) is 46.2 Å². The summed E-state index contributed by atoms with van der Waals surface area (Å²) in [5, 5.41) is 0.518. The average molecular weight is 394 g/mol. The van der Waals surface area contributed by atoms with Gasteiger partial charge in [0.1, 0.15) is 12.3 Å². The molecule has 4 rings (SSSR count). The summed E-state index contributed by atoms with van der Waals surface area (Å²) in [5.41, 5.74) is 1.06. The van der Waals surface area contributed by atoms with Gasteiger partial charge in [-0.25, -0.2) is 4.39 Å². The van der Waals surface area contributed by atoms with Gasteiger partial charge in [0.2, 0.25) is 0 Å². The Labute approximate surface area is 162 Å². The SMILES string of the molecule is COCCN1C(=O)C2=C(C(=O)C3CC(F)CCC3O2)C1c1cccc(Cl)c1.